The van der Waals surface area contributed by atoms with Gasteiger partial charge in [0.15, 0.2) is 5.78 Å². The minimum atomic E-state index is -0.919. The third-order valence-corrected chi connectivity index (χ3v) is 4.11. The first-order valence-corrected chi connectivity index (χ1v) is 7.24. The zero-order valence-corrected chi connectivity index (χ0v) is 12.2. The number of thiophene rings is 1. The lowest BCUT2D eigenvalue weighted by atomic mass is 10.1. The summed E-state index contributed by atoms with van der Waals surface area (Å²) in [7, 11) is 0. The van der Waals surface area contributed by atoms with Crippen molar-refractivity contribution in [2.24, 2.45) is 5.92 Å². The molecule has 20 heavy (non-hydrogen) atoms. The topological polar surface area (TPSA) is 54.4 Å². The van der Waals surface area contributed by atoms with Crippen LogP contribution in [0.15, 0.2) is 36.4 Å². The molecule has 0 spiro atoms. The predicted octanol–water partition coefficient (Wildman–Crippen LogP) is 3.88. The maximum atomic E-state index is 11.9. The Labute approximate surface area is 121 Å². The van der Waals surface area contributed by atoms with E-state index in [9.17, 15) is 9.59 Å². The fourth-order valence-corrected chi connectivity index (χ4v) is 2.99. The van der Waals surface area contributed by atoms with Crippen LogP contribution in [0.5, 0.6) is 0 Å². The monoisotopic (exact) mass is 288 g/mol. The van der Waals surface area contributed by atoms with Gasteiger partial charge in [-0.15, -0.1) is 11.3 Å². The molecule has 1 aromatic carbocycles. The molecular weight excluding hydrogens is 272 g/mol. The summed E-state index contributed by atoms with van der Waals surface area (Å²) in [6, 6.07) is 10.7. The molecule has 2 aromatic rings. The molecule has 0 bridgehead atoms. The van der Waals surface area contributed by atoms with E-state index >= 15 is 0 Å². The van der Waals surface area contributed by atoms with Gasteiger partial charge in [-0.25, -0.2) is 4.79 Å². The number of carbonyl (C=O) groups is 2. The Morgan fingerprint density at radius 2 is 1.75 bits per heavy atom. The number of benzene rings is 1. The summed E-state index contributed by atoms with van der Waals surface area (Å²) in [6.07, 6.45) is 0.718. The first kappa shape index (κ1) is 14.5. The van der Waals surface area contributed by atoms with Crippen molar-refractivity contribution in [1.29, 1.82) is 0 Å². The average molecular weight is 288 g/mol. The van der Waals surface area contributed by atoms with Gasteiger partial charge < -0.3 is 5.11 Å². The zero-order valence-electron chi connectivity index (χ0n) is 11.4. The molecule has 0 fully saturated rings. The normalized spacial score (nSPS) is 10.8. The second kappa shape index (κ2) is 6.01. The van der Waals surface area contributed by atoms with Gasteiger partial charge >= 0.3 is 5.97 Å². The quantitative estimate of drug-likeness (QED) is 0.850. The molecule has 0 aliphatic rings. The van der Waals surface area contributed by atoms with E-state index in [4.69, 9.17) is 5.11 Å². The number of hydrogen-bond acceptors (Lipinski definition) is 3. The molecule has 0 unspecified atom stereocenters. The second-order valence-corrected chi connectivity index (χ2v) is 6.13. The summed E-state index contributed by atoms with van der Waals surface area (Å²) in [4.78, 5) is 24.5. The molecule has 0 amide bonds. The molecule has 1 aromatic heterocycles. The van der Waals surface area contributed by atoms with Crippen molar-refractivity contribution in [3.8, 4) is 0 Å². The molecule has 1 heterocycles. The fraction of sp³-hybridized carbons (Fsp3) is 0.250. The minimum Gasteiger partial charge on any atom is -0.478 e. The van der Waals surface area contributed by atoms with Crippen LogP contribution < -0.4 is 0 Å². The number of Topliss-reactive ketones (excluding diaryl/α,β-unsaturated/α-hetero) is 1. The maximum Gasteiger partial charge on any atom is 0.335 e. The van der Waals surface area contributed by atoms with Crippen LogP contribution in [0.3, 0.4) is 0 Å². The first-order valence-electron chi connectivity index (χ1n) is 6.42. The molecule has 0 atom stereocenters. The Morgan fingerprint density at radius 3 is 2.30 bits per heavy atom. The minimum absolute atomic E-state index is 0.0105. The van der Waals surface area contributed by atoms with E-state index < -0.39 is 5.97 Å². The van der Waals surface area contributed by atoms with Crippen molar-refractivity contribution in [1.82, 2.24) is 0 Å². The van der Waals surface area contributed by atoms with Gasteiger partial charge in [-0.1, -0.05) is 26.0 Å². The molecule has 4 heteroatoms. The third kappa shape index (κ3) is 3.33. The van der Waals surface area contributed by atoms with Gasteiger partial charge in [0.05, 0.1) is 10.4 Å². The Hall–Kier alpha value is -1.94. The molecule has 2 rings (SSSR count). The summed E-state index contributed by atoms with van der Waals surface area (Å²) in [5.41, 5.74) is 1.33. The zero-order chi connectivity index (χ0) is 14.7. The van der Waals surface area contributed by atoms with E-state index in [0.717, 1.165) is 21.7 Å². The van der Waals surface area contributed by atoms with E-state index in [1.54, 1.807) is 12.1 Å². The van der Waals surface area contributed by atoms with E-state index in [1.165, 1.54) is 11.3 Å². The summed E-state index contributed by atoms with van der Waals surface area (Å²) < 4.78 is 0. The summed E-state index contributed by atoms with van der Waals surface area (Å²) >= 11 is 1.51. The highest BCUT2D eigenvalue weighted by molar-refractivity contribution is 7.14. The Bertz CT molecular complexity index is 623. The fourth-order valence-electron chi connectivity index (χ4n) is 1.86. The van der Waals surface area contributed by atoms with Gasteiger partial charge in [-0.3, -0.25) is 4.79 Å². The van der Waals surface area contributed by atoms with E-state index in [1.807, 2.05) is 38.1 Å². The number of aromatic carboxylic acids is 1. The number of carboxylic acid groups (broad SMARTS) is 1. The van der Waals surface area contributed by atoms with E-state index in [0.29, 0.717) is 0 Å². The number of carbonyl (C=O) groups excluding carboxylic acids is 1. The van der Waals surface area contributed by atoms with Crippen LogP contribution in [0.2, 0.25) is 0 Å². The number of carboxylic acids is 1. The lowest BCUT2D eigenvalue weighted by molar-refractivity contribution is 0.0696. The van der Waals surface area contributed by atoms with Crippen LogP contribution in [0.25, 0.3) is 0 Å². The largest absolute Gasteiger partial charge is 0.478 e. The van der Waals surface area contributed by atoms with Crippen LogP contribution in [0.1, 0.15) is 44.3 Å². The van der Waals surface area contributed by atoms with Gasteiger partial charge in [0.2, 0.25) is 0 Å². The van der Waals surface area contributed by atoms with Crippen molar-refractivity contribution < 1.29 is 14.7 Å². The smallest absolute Gasteiger partial charge is 0.335 e. The molecular formula is C16H16O3S. The molecule has 1 N–H and O–H groups in total. The maximum absolute atomic E-state index is 11.9. The van der Waals surface area contributed by atoms with Crippen molar-refractivity contribution >= 4 is 23.1 Å². The van der Waals surface area contributed by atoms with Gasteiger partial charge in [0.25, 0.3) is 0 Å². The van der Waals surface area contributed by atoms with Gasteiger partial charge in [-0.05, 0) is 29.8 Å². The predicted molar refractivity (Wildman–Crippen MR) is 79.7 cm³/mol. The molecule has 3 nitrogen and oxygen atoms in total. The number of hydrogen-bond donors (Lipinski definition) is 1. The first-order chi connectivity index (χ1) is 9.47. The number of rotatable bonds is 5. The molecule has 0 aliphatic carbocycles. The molecule has 0 saturated heterocycles. The van der Waals surface area contributed by atoms with Gasteiger partial charge in [-0.2, -0.15) is 0 Å². The summed E-state index contributed by atoms with van der Waals surface area (Å²) in [5, 5.41) is 8.85. The Balaban J connectivity index is 2.10. The van der Waals surface area contributed by atoms with Crippen LogP contribution in [0, 0.1) is 5.92 Å². The average Bonchev–Trinajstić information content (AvgIpc) is 2.86. The highest BCUT2D eigenvalue weighted by Gasteiger charge is 2.13. The summed E-state index contributed by atoms with van der Waals surface area (Å²) in [6.45, 7) is 3.79. The van der Waals surface area contributed by atoms with Gasteiger partial charge in [0.1, 0.15) is 0 Å². The second-order valence-electron chi connectivity index (χ2n) is 4.96. The SMILES string of the molecule is CC(C)C(=O)c1ccc(Cc2ccc(C(=O)O)cc2)s1. The molecule has 0 aliphatic heterocycles. The Morgan fingerprint density at radius 1 is 1.10 bits per heavy atom. The highest BCUT2D eigenvalue weighted by atomic mass is 32.1. The van der Waals surface area contributed by atoms with Crippen LogP contribution >= 0.6 is 11.3 Å². The lowest BCUT2D eigenvalue weighted by Gasteiger charge is -2.01. The van der Waals surface area contributed by atoms with Crippen molar-refractivity contribution in [3.63, 3.8) is 0 Å². The Kier molecular flexibility index (Phi) is 4.35. The van der Waals surface area contributed by atoms with Crippen LogP contribution in [-0.4, -0.2) is 16.9 Å². The molecule has 104 valence electrons. The molecule has 0 saturated carbocycles. The van der Waals surface area contributed by atoms with Crippen molar-refractivity contribution in [2.45, 2.75) is 20.3 Å². The summed E-state index contributed by atoms with van der Waals surface area (Å²) in [5.74, 6) is -0.740. The lowest BCUT2D eigenvalue weighted by Crippen LogP contribution is -2.04. The third-order valence-electron chi connectivity index (χ3n) is 3.01. The highest BCUT2D eigenvalue weighted by Crippen LogP contribution is 2.22. The van der Waals surface area contributed by atoms with E-state index in [2.05, 4.69) is 0 Å². The molecule has 0 radical (unpaired) electrons. The number of ketones is 1. The van der Waals surface area contributed by atoms with E-state index in [-0.39, 0.29) is 17.3 Å². The van der Waals surface area contributed by atoms with Crippen LogP contribution in [-0.2, 0) is 6.42 Å². The van der Waals surface area contributed by atoms with Crippen molar-refractivity contribution in [2.75, 3.05) is 0 Å². The standard InChI is InChI=1S/C16H16O3S/c1-10(2)15(17)14-8-7-13(20-14)9-11-3-5-12(6-4-11)16(18)19/h3-8,10H,9H2,1-2H3,(H,18,19). The van der Waals surface area contributed by atoms with Crippen LogP contribution in [0.4, 0.5) is 0 Å². The van der Waals surface area contributed by atoms with Crippen molar-refractivity contribution in [3.05, 3.63) is 57.3 Å². The van der Waals surface area contributed by atoms with Gasteiger partial charge in [0, 0.05) is 17.2 Å².